The first kappa shape index (κ1) is 20.2. The van der Waals surface area contributed by atoms with Crippen LogP contribution in [0.25, 0.3) is 11.0 Å². The smallest absolute Gasteiger partial charge is 0.336 e. The molecule has 7 nitrogen and oxygen atoms in total. The lowest BCUT2D eigenvalue weighted by atomic mass is 9.81. The van der Waals surface area contributed by atoms with E-state index in [4.69, 9.17) is 13.9 Å². The zero-order chi connectivity index (χ0) is 21.2. The predicted molar refractivity (Wildman–Crippen MR) is 106 cm³/mol. The summed E-state index contributed by atoms with van der Waals surface area (Å²) in [7, 11) is 0. The van der Waals surface area contributed by atoms with E-state index in [-0.39, 0.29) is 23.4 Å². The van der Waals surface area contributed by atoms with Gasteiger partial charge in [0.25, 0.3) is 0 Å². The Hall–Kier alpha value is -2.09. The van der Waals surface area contributed by atoms with Gasteiger partial charge >= 0.3 is 5.63 Å². The molecule has 1 aromatic heterocycles. The van der Waals surface area contributed by atoms with Gasteiger partial charge in [-0.25, -0.2) is 4.79 Å². The van der Waals surface area contributed by atoms with Gasteiger partial charge in [-0.15, -0.1) is 0 Å². The number of benzene rings is 1. The Morgan fingerprint density at radius 1 is 1.07 bits per heavy atom. The lowest BCUT2D eigenvalue weighted by Crippen LogP contribution is -2.49. The van der Waals surface area contributed by atoms with Crippen molar-refractivity contribution in [1.29, 1.82) is 0 Å². The van der Waals surface area contributed by atoms with Gasteiger partial charge in [-0.05, 0) is 32.8 Å². The number of fused-ring (bicyclic) bond motifs is 6. The second-order valence-corrected chi connectivity index (χ2v) is 8.75. The molecule has 2 aliphatic heterocycles. The molecule has 2 aromatic rings. The van der Waals surface area contributed by atoms with Crippen LogP contribution in [-0.2, 0) is 6.42 Å². The number of rotatable bonds is 2. The van der Waals surface area contributed by atoms with Gasteiger partial charge in [0.2, 0.25) is 0 Å². The monoisotopic (exact) mass is 404 g/mol. The Labute approximate surface area is 168 Å². The molecule has 3 heterocycles. The third kappa shape index (κ3) is 2.86. The van der Waals surface area contributed by atoms with E-state index in [0.717, 1.165) is 12.0 Å². The summed E-state index contributed by atoms with van der Waals surface area (Å²) >= 11 is 0. The van der Waals surface area contributed by atoms with E-state index in [1.807, 2.05) is 20.8 Å². The quantitative estimate of drug-likeness (QED) is 0.660. The van der Waals surface area contributed by atoms with Gasteiger partial charge in [0.15, 0.2) is 5.58 Å². The van der Waals surface area contributed by atoms with Crippen molar-refractivity contribution in [2.24, 2.45) is 5.92 Å². The Balaban J connectivity index is 2.19. The average Bonchev–Trinajstić information content (AvgIpc) is 2.63. The molecule has 0 radical (unpaired) electrons. The lowest BCUT2D eigenvalue weighted by Gasteiger charge is -2.43. The molecule has 7 heteroatoms. The van der Waals surface area contributed by atoms with Crippen LogP contribution in [0.4, 0.5) is 0 Å². The zero-order valence-corrected chi connectivity index (χ0v) is 17.4. The molecule has 0 unspecified atom stereocenters. The third-order valence-corrected chi connectivity index (χ3v) is 6.28. The maximum Gasteiger partial charge on any atom is 0.336 e. The van der Waals surface area contributed by atoms with E-state index in [9.17, 15) is 20.1 Å². The molecule has 29 heavy (non-hydrogen) atoms. The Morgan fingerprint density at radius 3 is 2.41 bits per heavy atom. The molecule has 4 rings (SSSR count). The van der Waals surface area contributed by atoms with Crippen molar-refractivity contribution < 1.29 is 29.2 Å². The molecule has 158 valence electrons. The van der Waals surface area contributed by atoms with Crippen molar-refractivity contribution in [2.75, 3.05) is 0 Å². The lowest BCUT2D eigenvalue weighted by molar-refractivity contribution is -0.113. The summed E-state index contributed by atoms with van der Waals surface area (Å²) in [5.74, 6) is 0.305. The molecule has 3 N–H and O–H groups in total. The standard InChI is InChI=1S/C22H28O7/c1-6-7-11-8-12(23)28-18-13(11)20-15(17(25)21(26)22(4,5)29-20)19-14(18)16(24)9(2)10(3)27-19/h8-10,16-17,21,24-26H,6-7H2,1-5H3/t9-,10-,16-,17-,21-/m0/s1. The second-order valence-electron chi connectivity index (χ2n) is 8.75. The summed E-state index contributed by atoms with van der Waals surface area (Å²) in [6.07, 6.45) is -2.40. The van der Waals surface area contributed by atoms with Gasteiger partial charge in [0.1, 0.15) is 35.4 Å². The van der Waals surface area contributed by atoms with Gasteiger partial charge in [0, 0.05) is 12.0 Å². The first-order valence-electron chi connectivity index (χ1n) is 10.1. The number of ether oxygens (including phenoxy) is 2. The topological polar surface area (TPSA) is 109 Å². The minimum Gasteiger partial charge on any atom is -0.489 e. The largest absolute Gasteiger partial charge is 0.489 e. The van der Waals surface area contributed by atoms with Gasteiger partial charge in [-0.1, -0.05) is 20.3 Å². The minimum atomic E-state index is -1.28. The number of hydrogen-bond donors (Lipinski definition) is 3. The van der Waals surface area contributed by atoms with Gasteiger partial charge < -0.3 is 29.2 Å². The number of aliphatic hydroxyl groups excluding tert-OH is 3. The fourth-order valence-electron chi connectivity index (χ4n) is 4.38. The highest BCUT2D eigenvalue weighted by Gasteiger charge is 2.48. The van der Waals surface area contributed by atoms with Crippen LogP contribution >= 0.6 is 0 Å². The Morgan fingerprint density at radius 2 is 1.76 bits per heavy atom. The molecular formula is C22H28O7. The Kier molecular flexibility index (Phi) is 4.68. The molecule has 0 amide bonds. The maximum atomic E-state index is 12.3. The molecule has 0 aliphatic carbocycles. The summed E-state index contributed by atoms with van der Waals surface area (Å²) in [5.41, 5.74) is -0.0233. The summed E-state index contributed by atoms with van der Waals surface area (Å²) in [6, 6.07) is 1.42. The minimum absolute atomic E-state index is 0.223. The molecule has 0 saturated carbocycles. The van der Waals surface area contributed by atoms with Crippen molar-refractivity contribution in [1.82, 2.24) is 0 Å². The van der Waals surface area contributed by atoms with E-state index >= 15 is 0 Å². The van der Waals surface area contributed by atoms with Crippen molar-refractivity contribution in [3.05, 3.63) is 33.2 Å². The van der Waals surface area contributed by atoms with Gasteiger partial charge in [-0.3, -0.25) is 0 Å². The average molecular weight is 404 g/mol. The van der Waals surface area contributed by atoms with E-state index in [0.29, 0.717) is 28.7 Å². The zero-order valence-electron chi connectivity index (χ0n) is 17.4. The van der Waals surface area contributed by atoms with Crippen LogP contribution in [0, 0.1) is 5.92 Å². The molecule has 1 aromatic carbocycles. The van der Waals surface area contributed by atoms with Gasteiger partial charge in [-0.2, -0.15) is 0 Å². The van der Waals surface area contributed by atoms with Crippen LogP contribution < -0.4 is 15.1 Å². The number of hydrogen-bond acceptors (Lipinski definition) is 7. The van der Waals surface area contributed by atoms with E-state index < -0.39 is 29.5 Å². The molecule has 2 aliphatic rings. The van der Waals surface area contributed by atoms with Gasteiger partial charge in [0.05, 0.1) is 22.6 Å². The van der Waals surface area contributed by atoms with Crippen LogP contribution in [0.3, 0.4) is 0 Å². The fourth-order valence-corrected chi connectivity index (χ4v) is 4.38. The normalized spacial score (nSPS) is 30.3. The molecule has 0 saturated heterocycles. The summed E-state index contributed by atoms with van der Waals surface area (Å²) in [6.45, 7) is 9.05. The molecule has 5 atom stereocenters. The van der Waals surface area contributed by atoms with Crippen molar-refractivity contribution in [2.45, 2.75) is 77.5 Å². The molecule has 0 fully saturated rings. The van der Waals surface area contributed by atoms with Crippen LogP contribution in [0.1, 0.15) is 69.9 Å². The third-order valence-electron chi connectivity index (χ3n) is 6.28. The first-order valence-corrected chi connectivity index (χ1v) is 10.1. The first-order chi connectivity index (χ1) is 13.6. The predicted octanol–water partition coefficient (Wildman–Crippen LogP) is 2.76. The molecule has 0 bridgehead atoms. The van der Waals surface area contributed by atoms with Crippen molar-refractivity contribution in [3.8, 4) is 11.5 Å². The summed E-state index contributed by atoms with van der Waals surface area (Å²) < 4.78 is 17.8. The number of aliphatic hydroxyl groups is 3. The highest BCUT2D eigenvalue weighted by Crippen LogP contribution is 2.55. The van der Waals surface area contributed by atoms with Crippen molar-refractivity contribution in [3.63, 3.8) is 0 Å². The highest BCUT2D eigenvalue weighted by atomic mass is 16.5. The summed E-state index contributed by atoms with van der Waals surface area (Å²) in [4.78, 5) is 12.3. The van der Waals surface area contributed by atoms with Crippen LogP contribution in [-0.4, -0.2) is 33.1 Å². The van der Waals surface area contributed by atoms with Crippen molar-refractivity contribution >= 4 is 11.0 Å². The maximum absolute atomic E-state index is 12.3. The SMILES string of the molecule is CCCc1cc(=O)oc2c3c(c4c(c12)OC(C)(C)[C@@H](O)[C@H]4O)O[C@@H](C)[C@H](C)[C@@H]3O. The van der Waals surface area contributed by atoms with E-state index in [1.165, 1.54) is 6.07 Å². The molecular weight excluding hydrogens is 376 g/mol. The van der Waals surface area contributed by atoms with Crippen LogP contribution in [0.15, 0.2) is 15.3 Å². The summed E-state index contributed by atoms with van der Waals surface area (Å²) in [5, 5.41) is 33.3. The van der Waals surface area contributed by atoms with Crippen LogP contribution in [0.2, 0.25) is 0 Å². The highest BCUT2D eigenvalue weighted by molar-refractivity contribution is 5.94. The molecule has 0 spiro atoms. The second kappa shape index (κ2) is 6.72. The van der Waals surface area contributed by atoms with E-state index in [2.05, 4.69) is 0 Å². The van der Waals surface area contributed by atoms with E-state index in [1.54, 1.807) is 13.8 Å². The fraction of sp³-hybridized carbons (Fsp3) is 0.591. The number of aryl methyl sites for hydroxylation is 1. The van der Waals surface area contributed by atoms with Crippen LogP contribution in [0.5, 0.6) is 11.5 Å². The Bertz CT molecular complexity index is 1020.